The zero-order valence-corrected chi connectivity index (χ0v) is 10.2. The van der Waals surface area contributed by atoms with Crippen LogP contribution in [0.4, 0.5) is 0 Å². The van der Waals surface area contributed by atoms with Gasteiger partial charge in [-0.15, -0.1) is 0 Å². The van der Waals surface area contributed by atoms with E-state index in [0.29, 0.717) is 0 Å². The first-order chi connectivity index (χ1) is 7.72. The van der Waals surface area contributed by atoms with Crippen LogP contribution >= 0.6 is 0 Å². The van der Waals surface area contributed by atoms with Crippen molar-refractivity contribution in [1.82, 2.24) is 0 Å². The molecule has 0 amide bonds. The highest BCUT2D eigenvalue weighted by molar-refractivity contribution is 5.61. The monoisotopic (exact) mass is 212 g/mol. The molecule has 1 aromatic carbocycles. The summed E-state index contributed by atoms with van der Waals surface area (Å²) in [5, 5.41) is 0. The first kappa shape index (κ1) is 10.9. The number of hydrogen-bond donors (Lipinski definition) is 0. The standard InChI is InChI=1S/C15H18N/c1-4-13-8-9-14(12(2)11-13)15-7-5-6-10-16(15)3/h5-11H,4H2,1-3H3/q+1. The maximum Gasteiger partial charge on any atom is 0.212 e. The number of benzene rings is 1. The molecule has 0 saturated heterocycles. The number of pyridine rings is 1. The maximum absolute atomic E-state index is 2.28. The molecular formula is C15H18N+. The first-order valence-corrected chi connectivity index (χ1v) is 5.77. The Morgan fingerprint density at radius 2 is 1.94 bits per heavy atom. The Morgan fingerprint density at radius 3 is 2.56 bits per heavy atom. The predicted octanol–water partition coefficient (Wildman–Crippen LogP) is 3.05. The van der Waals surface area contributed by atoms with Gasteiger partial charge in [-0.1, -0.05) is 19.1 Å². The van der Waals surface area contributed by atoms with E-state index in [2.05, 4.69) is 68.1 Å². The summed E-state index contributed by atoms with van der Waals surface area (Å²) >= 11 is 0. The van der Waals surface area contributed by atoms with E-state index in [4.69, 9.17) is 0 Å². The summed E-state index contributed by atoms with van der Waals surface area (Å²) in [6, 6.07) is 13.0. The summed E-state index contributed by atoms with van der Waals surface area (Å²) in [4.78, 5) is 0. The fourth-order valence-electron chi connectivity index (χ4n) is 2.04. The van der Waals surface area contributed by atoms with Gasteiger partial charge in [-0.05, 0) is 36.6 Å². The molecule has 2 aromatic rings. The van der Waals surface area contributed by atoms with Crippen LogP contribution in [0.25, 0.3) is 11.3 Å². The number of hydrogen-bond acceptors (Lipinski definition) is 0. The average molecular weight is 212 g/mol. The van der Waals surface area contributed by atoms with Crippen LogP contribution in [-0.2, 0) is 13.5 Å². The molecule has 2 rings (SSSR count). The number of rotatable bonds is 2. The highest BCUT2D eigenvalue weighted by Crippen LogP contribution is 2.21. The quantitative estimate of drug-likeness (QED) is 0.674. The molecule has 82 valence electrons. The summed E-state index contributed by atoms with van der Waals surface area (Å²) in [6.45, 7) is 4.37. The van der Waals surface area contributed by atoms with Gasteiger partial charge in [0.2, 0.25) is 5.69 Å². The number of nitrogens with zero attached hydrogens (tertiary/aromatic N) is 1. The molecule has 0 unspecified atom stereocenters. The van der Waals surface area contributed by atoms with Crippen molar-refractivity contribution in [3.8, 4) is 11.3 Å². The topological polar surface area (TPSA) is 3.88 Å². The van der Waals surface area contributed by atoms with Gasteiger partial charge in [0.05, 0.1) is 0 Å². The summed E-state index contributed by atoms with van der Waals surface area (Å²) in [5.41, 5.74) is 5.34. The third-order valence-corrected chi connectivity index (χ3v) is 3.03. The minimum Gasteiger partial charge on any atom is -0.201 e. The second kappa shape index (κ2) is 4.48. The fourth-order valence-corrected chi connectivity index (χ4v) is 2.04. The first-order valence-electron chi connectivity index (χ1n) is 5.77. The molecule has 0 aliphatic rings. The lowest BCUT2D eigenvalue weighted by Crippen LogP contribution is -2.30. The van der Waals surface area contributed by atoms with Crippen LogP contribution in [0.15, 0.2) is 42.6 Å². The fraction of sp³-hybridized carbons (Fsp3) is 0.267. The molecule has 0 bridgehead atoms. The molecule has 0 aliphatic carbocycles. The minimum atomic E-state index is 1.10. The molecule has 1 heteroatoms. The Bertz CT molecular complexity index is 501. The molecular weight excluding hydrogens is 194 g/mol. The molecule has 0 saturated carbocycles. The van der Waals surface area contributed by atoms with Crippen molar-refractivity contribution >= 4 is 0 Å². The zero-order chi connectivity index (χ0) is 11.5. The van der Waals surface area contributed by atoms with E-state index in [1.54, 1.807) is 0 Å². The second-order valence-corrected chi connectivity index (χ2v) is 4.20. The third kappa shape index (κ3) is 1.99. The van der Waals surface area contributed by atoms with E-state index in [0.717, 1.165) is 6.42 Å². The van der Waals surface area contributed by atoms with Crippen LogP contribution in [0, 0.1) is 6.92 Å². The van der Waals surface area contributed by atoms with Crippen molar-refractivity contribution in [3.05, 3.63) is 53.7 Å². The average Bonchev–Trinajstić information content (AvgIpc) is 2.30. The van der Waals surface area contributed by atoms with E-state index in [9.17, 15) is 0 Å². The highest BCUT2D eigenvalue weighted by atomic mass is 14.9. The van der Waals surface area contributed by atoms with Crippen molar-refractivity contribution in [2.75, 3.05) is 0 Å². The van der Waals surface area contributed by atoms with Gasteiger partial charge in [0.15, 0.2) is 6.20 Å². The molecule has 1 nitrogen and oxygen atoms in total. The van der Waals surface area contributed by atoms with Crippen LogP contribution in [0.5, 0.6) is 0 Å². The molecule has 0 N–H and O–H groups in total. The lowest BCUT2D eigenvalue weighted by Gasteiger charge is -2.06. The molecule has 16 heavy (non-hydrogen) atoms. The Balaban J connectivity index is 2.53. The molecule has 0 radical (unpaired) electrons. The Kier molecular flexibility index (Phi) is 3.04. The predicted molar refractivity (Wildman–Crippen MR) is 67.2 cm³/mol. The summed E-state index contributed by atoms with van der Waals surface area (Å²) in [5.74, 6) is 0. The van der Waals surface area contributed by atoms with Crippen molar-refractivity contribution < 1.29 is 4.57 Å². The third-order valence-electron chi connectivity index (χ3n) is 3.03. The lowest BCUT2D eigenvalue weighted by atomic mass is 10.0. The van der Waals surface area contributed by atoms with Gasteiger partial charge in [0.25, 0.3) is 0 Å². The summed E-state index contributed by atoms with van der Waals surface area (Å²) in [7, 11) is 2.09. The van der Waals surface area contributed by atoms with Gasteiger partial charge in [-0.2, -0.15) is 0 Å². The van der Waals surface area contributed by atoms with Gasteiger partial charge in [0.1, 0.15) is 7.05 Å². The Hall–Kier alpha value is -1.63. The maximum atomic E-state index is 2.28. The largest absolute Gasteiger partial charge is 0.212 e. The van der Waals surface area contributed by atoms with E-state index < -0.39 is 0 Å². The van der Waals surface area contributed by atoms with Crippen LogP contribution in [0.1, 0.15) is 18.1 Å². The van der Waals surface area contributed by atoms with Crippen LogP contribution in [-0.4, -0.2) is 0 Å². The second-order valence-electron chi connectivity index (χ2n) is 4.20. The van der Waals surface area contributed by atoms with Gasteiger partial charge in [-0.25, -0.2) is 4.57 Å². The van der Waals surface area contributed by atoms with E-state index in [1.165, 1.54) is 22.4 Å². The molecule has 0 spiro atoms. The van der Waals surface area contributed by atoms with Gasteiger partial charge < -0.3 is 0 Å². The number of aryl methyl sites for hydroxylation is 3. The highest BCUT2D eigenvalue weighted by Gasteiger charge is 2.10. The molecule has 1 heterocycles. The van der Waals surface area contributed by atoms with Crippen molar-refractivity contribution in [2.24, 2.45) is 7.05 Å². The van der Waals surface area contributed by atoms with E-state index >= 15 is 0 Å². The van der Waals surface area contributed by atoms with Crippen LogP contribution in [0.3, 0.4) is 0 Å². The minimum absolute atomic E-state index is 1.10. The molecule has 0 fully saturated rings. The SMILES string of the molecule is CCc1ccc(-c2cccc[n+]2C)c(C)c1. The molecule has 0 aliphatic heterocycles. The van der Waals surface area contributed by atoms with Crippen LogP contribution in [0.2, 0.25) is 0 Å². The van der Waals surface area contributed by atoms with Crippen molar-refractivity contribution in [3.63, 3.8) is 0 Å². The lowest BCUT2D eigenvalue weighted by molar-refractivity contribution is -0.660. The Morgan fingerprint density at radius 1 is 1.12 bits per heavy atom. The Labute approximate surface area is 97.4 Å². The van der Waals surface area contributed by atoms with E-state index in [-0.39, 0.29) is 0 Å². The summed E-state index contributed by atoms with van der Waals surface area (Å²) in [6.07, 6.45) is 3.19. The van der Waals surface area contributed by atoms with Crippen molar-refractivity contribution in [1.29, 1.82) is 0 Å². The van der Waals surface area contributed by atoms with Gasteiger partial charge >= 0.3 is 0 Å². The number of aromatic nitrogens is 1. The smallest absolute Gasteiger partial charge is 0.201 e. The van der Waals surface area contributed by atoms with Crippen LogP contribution < -0.4 is 4.57 Å². The van der Waals surface area contributed by atoms with E-state index in [1.807, 2.05) is 0 Å². The molecule has 0 atom stereocenters. The normalized spacial score (nSPS) is 10.4. The van der Waals surface area contributed by atoms with Gasteiger partial charge in [0, 0.05) is 17.7 Å². The zero-order valence-electron chi connectivity index (χ0n) is 10.2. The summed E-state index contributed by atoms with van der Waals surface area (Å²) < 4.78 is 2.16. The van der Waals surface area contributed by atoms with Gasteiger partial charge in [-0.3, -0.25) is 0 Å². The molecule has 1 aromatic heterocycles. The van der Waals surface area contributed by atoms with Crippen molar-refractivity contribution in [2.45, 2.75) is 20.3 Å².